The van der Waals surface area contributed by atoms with Crippen LogP contribution in [0.4, 0.5) is 13.2 Å². The van der Waals surface area contributed by atoms with Crippen molar-refractivity contribution >= 4 is 13.6 Å². The van der Waals surface area contributed by atoms with Crippen LogP contribution in [0.15, 0.2) is 0 Å². The smallest absolute Gasteiger partial charge is 0.426 e. The Hall–Kier alpha value is -0.590. The SMILES string of the molecule is CCCOP(=O)(C[C@@H](OC(=O)CCC)C(F)(F)F)OCCC. The van der Waals surface area contributed by atoms with Gasteiger partial charge in [0.25, 0.3) is 0 Å². The Morgan fingerprint density at radius 1 is 1.05 bits per heavy atom. The third-order valence-electron chi connectivity index (χ3n) is 2.47. The molecule has 5 nitrogen and oxygen atoms in total. The Morgan fingerprint density at radius 3 is 1.91 bits per heavy atom. The Kier molecular flexibility index (Phi) is 9.96. The fourth-order valence-corrected chi connectivity index (χ4v) is 3.33. The number of rotatable bonds is 11. The summed E-state index contributed by atoms with van der Waals surface area (Å²) in [5.41, 5.74) is 0. The zero-order chi connectivity index (χ0) is 17.2. The molecule has 0 aromatic carbocycles. The van der Waals surface area contributed by atoms with Crippen molar-refractivity contribution in [1.82, 2.24) is 0 Å². The number of hydrogen-bond acceptors (Lipinski definition) is 5. The molecule has 22 heavy (non-hydrogen) atoms. The molecule has 0 aliphatic carbocycles. The van der Waals surface area contributed by atoms with E-state index in [0.29, 0.717) is 19.3 Å². The molecule has 0 heterocycles. The fraction of sp³-hybridized carbons (Fsp3) is 0.923. The van der Waals surface area contributed by atoms with Crippen molar-refractivity contribution in [2.24, 2.45) is 0 Å². The lowest BCUT2D eigenvalue weighted by Crippen LogP contribution is -2.37. The number of esters is 1. The molecule has 0 unspecified atom stereocenters. The van der Waals surface area contributed by atoms with Crippen molar-refractivity contribution in [1.29, 1.82) is 0 Å². The van der Waals surface area contributed by atoms with Crippen LogP contribution in [0, 0.1) is 0 Å². The Morgan fingerprint density at radius 2 is 1.55 bits per heavy atom. The van der Waals surface area contributed by atoms with E-state index < -0.39 is 32.0 Å². The summed E-state index contributed by atoms with van der Waals surface area (Å²) >= 11 is 0. The molecule has 0 bridgehead atoms. The molecule has 0 rings (SSSR count). The summed E-state index contributed by atoms with van der Waals surface area (Å²) in [7, 11) is -3.98. The van der Waals surface area contributed by atoms with Gasteiger partial charge in [0.2, 0.25) is 6.10 Å². The predicted molar refractivity (Wildman–Crippen MR) is 75.8 cm³/mol. The molecule has 0 fully saturated rings. The number of hydrogen-bond donors (Lipinski definition) is 0. The van der Waals surface area contributed by atoms with Crippen molar-refractivity contribution in [3.8, 4) is 0 Å². The van der Waals surface area contributed by atoms with Crippen LogP contribution in [0.25, 0.3) is 0 Å². The van der Waals surface area contributed by atoms with Gasteiger partial charge in [-0.05, 0) is 19.3 Å². The first kappa shape index (κ1) is 21.4. The van der Waals surface area contributed by atoms with Crippen LogP contribution >= 0.6 is 7.60 Å². The maximum absolute atomic E-state index is 13.0. The monoisotopic (exact) mass is 348 g/mol. The molecule has 0 amide bonds. The van der Waals surface area contributed by atoms with E-state index in [1.807, 2.05) is 0 Å². The minimum Gasteiger partial charge on any atom is -0.452 e. The summed E-state index contributed by atoms with van der Waals surface area (Å²) in [6, 6.07) is 0. The van der Waals surface area contributed by atoms with Gasteiger partial charge >= 0.3 is 19.7 Å². The summed E-state index contributed by atoms with van der Waals surface area (Å²) < 4.78 is 65.7. The van der Waals surface area contributed by atoms with Gasteiger partial charge in [-0.1, -0.05) is 20.8 Å². The summed E-state index contributed by atoms with van der Waals surface area (Å²) in [4.78, 5) is 11.3. The highest BCUT2D eigenvalue weighted by Gasteiger charge is 2.47. The van der Waals surface area contributed by atoms with Crippen LogP contribution in [0.5, 0.6) is 0 Å². The molecule has 0 aliphatic rings. The molecule has 0 aliphatic heterocycles. The minimum absolute atomic E-state index is 0.00841. The lowest BCUT2D eigenvalue weighted by atomic mass is 10.3. The first-order valence-corrected chi connectivity index (χ1v) is 9.05. The maximum atomic E-state index is 13.0. The molecule has 132 valence electrons. The molecule has 0 radical (unpaired) electrons. The average Bonchev–Trinajstić information content (AvgIpc) is 2.42. The third-order valence-corrected chi connectivity index (χ3v) is 4.40. The lowest BCUT2D eigenvalue weighted by Gasteiger charge is -2.25. The molecule has 9 heteroatoms. The first-order valence-electron chi connectivity index (χ1n) is 7.32. The largest absolute Gasteiger partial charge is 0.452 e. The van der Waals surface area contributed by atoms with Gasteiger partial charge in [-0.15, -0.1) is 0 Å². The summed E-state index contributed by atoms with van der Waals surface area (Å²) in [5, 5.41) is 0. The molecule has 0 N–H and O–H groups in total. The van der Waals surface area contributed by atoms with Crippen LogP contribution < -0.4 is 0 Å². The molecule has 0 saturated carbocycles. The van der Waals surface area contributed by atoms with E-state index in [0.717, 1.165) is 0 Å². The number of ether oxygens (including phenoxy) is 1. The minimum atomic E-state index is -4.83. The van der Waals surface area contributed by atoms with Gasteiger partial charge in [0.05, 0.1) is 19.4 Å². The zero-order valence-corrected chi connectivity index (χ0v) is 14.0. The second kappa shape index (κ2) is 10.2. The third kappa shape index (κ3) is 8.76. The van der Waals surface area contributed by atoms with Crippen LogP contribution in [-0.4, -0.2) is 37.6 Å². The van der Waals surface area contributed by atoms with Gasteiger partial charge in [0.15, 0.2) is 0 Å². The first-order chi connectivity index (χ1) is 10.2. The van der Waals surface area contributed by atoms with Gasteiger partial charge in [-0.2, -0.15) is 13.2 Å². The van der Waals surface area contributed by atoms with Crippen molar-refractivity contribution in [3.63, 3.8) is 0 Å². The van der Waals surface area contributed by atoms with Crippen LogP contribution in [0.1, 0.15) is 46.5 Å². The second-order valence-corrected chi connectivity index (χ2v) is 6.83. The highest BCUT2D eigenvalue weighted by molar-refractivity contribution is 7.53. The molecule has 0 aromatic heterocycles. The number of carbonyl (C=O) groups excluding carboxylic acids is 1. The molecular formula is C13H24F3O5P. The fourth-order valence-electron chi connectivity index (χ4n) is 1.44. The van der Waals surface area contributed by atoms with Gasteiger partial charge in [-0.25, -0.2) is 0 Å². The summed E-state index contributed by atoms with van der Waals surface area (Å²) in [6.07, 6.45) is -7.17. The van der Waals surface area contributed by atoms with Crippen LogP contribution in [0.3, 0.4) is 0 Å². The Balaban J connectivity index is 5.02. The van der Waals surface area contributed by atoms with E-state index in [9.17, 15) is 22.5 Å². The molecule has 0 spiro atoms. The number of carbonyl (C=O) groups is 1. The highest BCUT2D eigenvalue weighted by Crippen LogP contribution is 2.51. The standard InChI is InChI=1S/C13H24F3O5P/c1-4-7-12(17)21-11(13(14,15)16)10-22(18,19-8-5-2)20-9-6-3/h11H,4-10H2,1-3H3/t11-/m1/s1. The molecule has 1 atom stereocenters. The van der Waals surface area contributed by atoms with Gasteiger partial charge < -0.3 is 13.8 Å². The lowest BCUT2D eigenvalue weighted by molar-refractivity contribution is -0.215. The quantitative estimate of drug-likeness (QED) is 0.411. The Bertz CT molecular complexity index is 361. The molecule has 0 aromatic rings. The van der Waals surface area contributed by atoms with Gasteiger partial charge in [-0.3, -0.25) is 9.36 Å². The molecule has 0 saturated heterocycles. The Labute approximate surface area is 129 Å². The summed E-state index contributed by atoms with van der Waals surface area (Å²) in [6.45, 7) is 5.12. The van der Waals surface area contributed by atoms with E-state index in [-0.39, 0.29) is 19.6 Å². The van der Waals surface area contributed by atoms with Crippen LogP contribution in [-0.2, 0) is 23.1 Å². The van der Waals surface area contributed by atoms with Crippen molar-refractivity contribution in [2.75, 3.05) is 19.4 Å². The van der Waals surface area contributed by atoms with Crippen molar-refractivity contribution in [2.45, 2.75) is 58.7 Å². The van der Waals surface area contributed by atoms with E-state index >= 15 is 0 Å². The maximum Gasteiger partial charge on any atom is 0.426 e. The van der Waals surface area contributed by atoms with Gasteiger partial charge in [0.1, 0.15) is 0 Å². The second-order valence-electron chi connectivity index (χ2n) is 4.73. The average molecular weight is 348 g/mol. The summed E-state index contributed by atoms with van der Waals surface area (Å²) in [5.74, 6) is -0.984. The van der Waals surface area contributed by atoms with E-state index in [2.05, 4.69) is 4.74 Å². The topological polar surface area (TPSA) is 61.8 Å². The predicted octanol–water partition coefficient (Wildman–Crippen LogP) is 4.31. The highest BCUT2D eigenvalue weighted by atomic mass is 31.2. The number of halogens is 3. The number of alkyl halides is 3. The van der Waals surface area contributed by atoms with Crippen molar-refractivity contribution < 1.29 is 36.3 Å². The van der Waals surface area contributed by atoms with Crippen molar-refractivity contribution in [3.05, 3.63) is 0 Å². The van der Waals surface area contributed by atoms with E-state index in [1.165, 1.54) is 0 Å². The van der Waals surface area contributed by atoms with Gasteiger partial charge in [0, 0.05) is 6.42 Å². The van der Waals surface area contributed by atoms with E-state index in [1.54, 1.807) is 20.8 Å². The van der Waals surface area contributed by atoms with E-state index in [4.69, 9.17) is 9.05 Å². The normalized spacial score (nSPS) is 13.9. The van der Waals surface area contributed by atoms with Crippen LogP contribution in [0.2, 0.25) is 0 Å². The zero-order valence-electron chi connectivity index (χ0n) is 13.1. The molecular weight excluding hydrogens is 324 g/mol.